The van der Waals surface area contributed by atoms with Crippen LogP contribution in [0, 0.1) is 6.92 Å². The second-order valence-corrected chi connectivity index (χ2v) is 14.5. The molecule has 1 unspecified atom stereocenters. The summed E-state index contributed by atoms with van der Waals surface area (Å²) in [7, 11) is 5.09. The minimum atomic E-state index is -0.579. The minimum absolute atomic E-state index is 0.0629. The van der Waals surface area contributed by atoms with Gasteiger partial charge in [-0.1, -0.05) is 36.4 Å². The highest BCUT2D eigenvalue weighted by Gasteiger charge is 2.32. The maximum Gasteiger partial charge on any atom is 0.227 e. The van der Waals surface area contributed by atoms with E-state index in [9.17, 15) is 19.2 Å². The number of rotatable bonds is 20. The predicted octanol–water partition coefficient (Wildman–Crippen LogP) is 6.40. The Kier molecular flexibility index (Phi) is 13.6. The van der Waals surface area contributed by atoms with E-state index in [0.29, 0.717) is 61.0 Å². The molecule has 304 valence electrons. The second kappa shape index (κ2) is 19.2. The van der Waals surface area contributed by atoms with Gasteiger partial charge in [0.25, 0.3) is 0 Å². The van der Waals surface area contributed by atoms with E-state index in [2.05, 4.69) is 11.0 Å². The van der Waals surface area contributed by atoms with Crippen molar-refractivity contribution in [1.82, 2.24) is 0 Å². The lowest BCUT2D eigenvalue weighted by Crippen LogP contribution is -2.44. The lowest BCUT2D eigenvalue weighted by molar-refractivity contribution is -0.123. The van der Waals surface area contributed by atoms with E-state index in [1.165, 1.54) is 12.7 Å². The van der Waals surface area contributed by atoms with Crippen molar-refractivity contribution in [3.63, 3.8) is 0 Å². The molecule has 2 atom stereocenters. The number of para-hydroxylation sites is 2. The molecule has 0 bridgehead atoms. The van der Waals surface area contributed by atoms with E-state index >= 15 is 0 Å². The molecule has 0 fully saturated rings. The maximum absolute atomic E-state index is 13.7. The number of aldehydes is 1. The summed E-state index contributed by atoms with van der Waals surface area (Å²) in [5, 5.41) is 0. The first-order chi connectivity index (χ1) is 28.1. The number of hydrogen-bond donors (Lipinski definition) is 1. The number of unbranched alkanes of at least 4 members (excludes halogenated alkanes) is 2. The molecule has 0 aromatic heterocycles. The largest absolute Gasteiger partial charge is 0.493 e. The van der Waals surface area contributed by atoms with Crippen molar-refractivity contribution in [2.24, 2.45) is 10.7 Å². The second-order valence-electron chi connectivity index (χ2n) is 14.5. The number of benzene rings is 4. The molecule has 2 aliphatic rings. The Hall–Kier alpha value is -6.37. The molecule has 6 rings (SSSR count). The average Bonchev–Trinajstić information content (AvgIpc) is 3.76. The van der Waals surface area contributed by atoms with Crippen LogP contribution in [0.15, 0.2) is 77.8 Å². The van der Waals surface area contributed by atoms with E-state index in [1.807, 2.05) is 74.8 Å². The summed E-state index contributed by atoms with van der Waals surface area (Å²) in [5.74, 6) is 1.04. The number of amides is 3. The number of nitrogens with zero attached hydrogens (tertiary/aromatic N) is 4. The van der Waals surface area contributed by atoms with E-state index in [4.69, 9.17) is 29.7 Å². The smallest absolute Gasteiger partial charge is 0.227 e. The summed E-state index contributed by atoms with van der Waals surface area (Å²) >= 11 is 0. The Morgan fingerprint density at radius 1 is 0.828 bits per heavy atom. The fourth-order valence-electron chi connectivity index (χ4n) is 7.55. The van der Waals surface area contributed by atoms with Gasteiger partial charge in [0.15, 0.2) is 29.3 Å². The molecular weight excluding hydrogens is 739 g/mol. The third-order valence-corrected chi connectivity index (χ3v) is 10.7. The van der Waals surface area contributed by atoms with Crippen molar-refractivity contribution in [2.75, 3.05) is 55.7 Å². The Morgan fingerprint density at radius 2 is 1.47 bits per heavy atom. The average molecular weight is 790 g/mol. The summed E-state index contributed by atoms with van der Waals surface area (Å²) in [4.78, 5) is 59.8. The number of primary amides is 1. The summed E-state index contributed by atoms with van der Waals surface area (Å²) < 4.78 is 23.6. The van der Waals surface area contributed by atoms with E-state index in [0.717, 1.165) is 53.9 Å². The molecule has 2 aliphatic heterocycles. The number of nitrogens with two attached hydrogens (primary N) is 1. The van der Waals surface area contributed by atoms with Crippen LogP contribution in [0.3, 0.4) is 0 Å². The van der Waals surface area contributed by atoms with E-state index < -0.39 is 5.91 Å². The van der Waals surface area contributed by atoms with Crippen LogP contribution in [0.2, 0.25) is 0 Å². The van der Waals surface area contributed by atoms with Crippen molar-refractivity contribution < 1.29 is 38.1 Å². The van der Waals surface area contributed by atoms with Crippen LogP contribution in [0.4, 0.5) is 22.7 Å². The first-order valence-corrected chi connectivity index (χ1v) is 19.5. The Labute approximate surface area is 339 Å². The van der Waals surface area contributed by atoms with Crippen molar-refractivity contribution in [3.8, 4) is 23.0 Å². The number of aryl methyl sites for hydroxylation is 1. The monoisotopic (exact) mass is 789 g/mol. The number of likely N-dealkylation sites (N-methyl/N-ethyl adjacent to an activating group) is 1. The maximum atomic E-state index is 13.7. The number of methoxy groups -OCH3 is 2. The topological polar surface area (TPSA) is 153 Å². The SMILES string of the molecule is COc1cc(C)c(/N=C\[C@@H]2Cc3ccccc3N2C=O)cc1OCCCCCOc1cc(N(CC2Cc3ccccc3N2C)C(=O)CCC(N)=O)c(C=O)cc1OC. The number of carbonyl (C=O) groups excluding carboxylic acids is 4. The highest BCUT2D eigenvalue weighted by Crippen LogP contribution is 2.38. The van der Waals surface area contributed by atoms with Crippen molar-refractivity contribution in [1.29, 1.82) is 0 Å². The zero-order valence-electron chi connectivity index (χ0n) is 33.5. The van der Waals surface area contributed by atoms with Gasteiger partial charge in [-0.25, -0.2) is 0 Å². The molecule has 0 saturated carbocycles. The molecule has 13 heteroatoms. The van der Waals surface area contributed by atoms with Crippen molar-refractivity contribution >= 4 is 53.5 Å². The standard InChI is InChI=1S/C45H51N5O8/c1-30-20-40(55-3)42(24-36(30)47-26-34-21-32-13-7-9-15-38(32)50(34)29-52)57-18-10-5-11-19-58-43-25-39(33(28-51)23-41(43)56-4)49(45(54)17-16-44(46)53)27-35-22-31-12-6-8-14-37(31)48(35)2/h6-9,12-15,20,23-26,28-29,34-35H,5,10-11,16-19,21-22,27H2,1-4H3,(H2,46,53)/b47-26-/t34-,35?/m0/s1. The van der Waals surface area contributed by atoms with Crippen LogP contribution in [-0.2, 0) is 27.2 Å². The minimum Gasteiger partial charge on any atom is -0.493 e. The van der Waals surface area contributed by atoms with E-state index in [1.54, 1.807) is 29.0 Å². The molecule has 58 heavy (non-hydrogen) atoms. The van der Waals surface area contributed by atoms with Crippen molar-refractivity contribution in [3.05, 3.63) is 95.1 Å². The van der Waals surface area contributed by atoms with Gasteiger partial charge < -0.3 is 39.4 Å². The lowest BCUT2D eigenvalue weighted by Gasteiger charge is -2.31. The third-order valence-electron chi connectivity index (χ3n) is 10.7. The van der Waals surface area contributed by atoms with Gasteiger partial charge in [0.05, 0.1) is 50.9 Å². The molecule has 2 N–H and O–H groups in total. The predicted molar refractivity (Wildman–Crippen MR) is 225 cm³/mol. The molecule has 2 heterocycles. The number of aliphatic imine (C=N–C) groups is 1. The van der Waals surface area contributed by atoms with E-state index in [-0.39, 0.29) is 42.9 Å². The van der Waals surface area contributed by atoms with Crippen LogP contribution >= 0.6 is 0 Å². The number of ether oxygens (including phenoxy) is 4. The van der Waals surface area contributed by atoms with Crippen LogP contribution in [0.1, 0.15) is 59.2 Å². The fourth-order valence-corrected chi connectivity index (χ4v) is 7.55. The molecule has 13 nitrogen and oxygen atoms in total. The zero-order valence-corrected chi connectivity index (χ0v) is 33.5. The highest BCUT2D eigenvalue weighted by atomic mass is 16.5. The highest BCUT2D eigenvalue weighted by molar-refractivity contribution is 6.00. The zero-order chi connectivity index (χ0) is 41.2. The van der Waals surface area contributed by atoms with Crippen LogP contribution in [0.25, 0.3) is 0 Å². The third kappa shape index (κ3) is 9.42. The van der Waals surface area contributed by atoms with Crippen LogP contribution in [0.5, 0.6) is 23.0 Å². The van der Waals surface area contributed by atoms with Gasteiger partial charge in [-0.15, -0.1) is 0 Å². The molecule has 4 aromatic carbocycles. The van der Waals surface area contributed by atoms with Crippen LogP contribution in [-0.4, -0.2) is 83.8 Å². The van der Waals surface area contributed by atoms with Gasteiger partial charge in [-0.05, 0) is 73.6 Å². The van der Waals surface area contributed by atoms with Gasteiger partial charge >= 0.3 is 0 Å². The molecular formula is C45H51N5O8. The number of fused-ring (bicyclic) bond motifs is 2. The fraction of sp³-hybridized carbons (Fsp3) is 0.356. The normalized spacial score (nSPS) is 15.5. The van der Waals surface area contributed by atoms with Gasteiger partial charge in [0.2, 0.25) is 18.2 Å². The van der Waals surface area contributed by atoms with Crippen molar-refractivity contribution in [2.45, 2.75) is 64.0 Å². The summed E-state index contributed by atoms with van der Waals surface area (Å²) in [6.45, 7) is 3.02. The molecule has 0 saturated heterocycles. The Bertz CT molecular complexity index is 2160. The number of carbonyl (C=O) groups is 4. The quantitative estimate of drug-likeness (QED) is 0.0609. The van der Waals surface area contributed by atoms with Gasteiger partial charge in [0, 0.05) is 68.1 Å². The first kappa shape index (κ1) is 41.3. The van der Waals surface area contributed by atoms with Gasteiger partial charge in [-0.2, -0.15) is 0 Å². The molecule has 0 spiro atoms. The molecule has 0 aliphatic carbocycles. The summed E-state index contributed by atoms with van der Waals surface area (Å²) in [6, 6.07) is 22.7. The number of anilines is 3. The number of hydrogen-bond acceptors (Lipinski definition) is 10. The Morgan fingerprint density at radius 3 is 2.10 bits per heavy atom. The van der Waals surface area contributed by atoms with Gasteiger partial charge in [-0.3, -0.25) is 24.2 Å². The molecule has 0 radical (unpaired) electrons. The summed E-state index contributed by atoms with van der Waals surface area (Å²) in [6.07, 6.45) is 6.78. The van der Waals surface area contributed by atoms with Crippen LogP contribution < -0.4 is 39.4 Å². The molecule has 4 aromatic rings. The Balaban J connectivity index is 1.07. The molecule has 3 amide bonds. The van der Waals surface area contributed by atoms with Gasteiger partial charge in [0.1, 0.15) is 0 Å². The first-order valence-electron chi connectivity index (χ1n) is 19.5. The lowest BCUT2D eigenvalue weighted by atomic mass is 10.1. The summed E-state index contributed by atoms with van der Waals surface area (Å²) in [5.41, 5.74) is 12.0.